The van der Waals surface area contributed by atoms with Crippen LogP contribution in [-0.2, 0) is 19.1 Å². The molecule has 0 spiro atoms. The second-order valence-electron chi connectivity index (χ2n) is 4.32. The first-order chi connectivity index (χ1) is 10.1. The molecule has 0 aromatic rings. The van der Waals surface area contributed by atoms with Crippen molar-refractivity contribution >= 4 is 11.9 Å². The third-order valence-corrected chi connectivity index (χ3v) is 2.10. The van der Waals surface area contributed by atoms with Crippen LogP contribution in [0, 0.1) is 0 Å². The highest BCUT2D eigenvalue weighted by atomic mass is 16.5. The first-order valence-electron chi connectivity index (χ1n) is 7.10. The quantitative estimate of drug-likeness (QED) is 0.668. The normalized spacial score (nSPS) is 10.2. The number of rotatable bonds is 8. The Balaban J connectivity index is -0.000000261. The molecule has 0 aliphatic heterocycles. The minimum atomic E-state index is -0.935. The van der Waals surface area contributed by atoms with Gasteiger partial charge in [-0.2, -0.15) is 0 Å². The summed E-state index contributed by atoms with van der Waals surface area (Å²) in [5.74, 6) is -1.87. The van der Waals surface area contributed by atoms with Gasteiger partial charge in [-0.1, -0.05) is 20.1 Å². The number of hydrogen-bond donors (Lipinski definition) is 2. The topological polar surface area (TPSA) is 93.1 Å². The van der Waals surface area contributed by atoms with Crippen molar-refractivity contribution in [3.8, 4) is 0 Å². The fourth-order valence-corrected chi connectivity index (χ4v) is 0.769. The summed E-state index contributed by atoms with van der Waals surface area (Å²) in [7, 11) is 0. The zero-order valence-corrected chi connectivity index (χ0v) is 14.3. The highest BCUT2D eigenvalue weighted by molar-refractivity contribution is 5.85. The first kappa shape index (κ1) is 25.3. The van der Waals surface area contributed by atoms with Crippen molar-refractivity contribution in [3.63, 3.8) is 0 Å². The van der Waals surface area contributed by atoms with E-state index in [1.165, 1.54) is 13.8 Å². The Bertz CT molecular complexity index is 288. The second kappa shape index (κ2) is 17.4. The van der Waals surface area contributed by atoms with Crippen molar-refractivity contribution in [1.29, 1.82) is 0 Å². The Morgan fingerprint density at radius 3 is 1.50 bits per heavy atom. The Labute approximate surface area is 133 Å². The van der Waals surface area contributed by atoms with Crippen LogP contribution in [0.4, 0.5) is 0 Å². The van der Waals surface area contributed by atoms with Gasteiger partial charge in [0.1, 0.15) is 0 Å². The van der Waals surface area contributed by atoms with Gasteiger partial charge >= 0.3 is 11.9 Å². The predicted octanol–water partition coefficient (Wildman–Crippen LogP) is 3.13. The number of carbonyl (C=O) groups is 2. The molecule has 0 heterocycles. The van der Waals surface area contributed by atoms with Gasteiger partial charge in [0.05, 0.1) is 12.7 Å². The predicted molar refractivity (Wildman–Crippen MR) is 87.1 cm³/mol. The Kier molecular flexibility index (Phi) is 20.0. The lowest BCUT2D eigenvalue weighted by Crippen LogP contribution is -2.18. The molecular weight excluding hydrogens is 288 g/mol. The van der Waals surface area contributed by atoms with Crippen LogP contribution in [0.2, 0.25) is 0 Å². The summed E-state index contributed by atoms with van der Waals surface area (Å²) in [5.41, 5.74) is 0.352. The molecule has 130 valence electrons. The van der Waals surface area contributed by atoms with Gasteiger partial charge in [0.25, 0.3) is 0 Å². The van der Waals surface area contributed by atoms with E-state index in [1.807, 2.05) is 13.8 Å². The second-order valence-corrected chi connectivity index (χ2v) is 4.32. The van der Waals surface area contributed by atoms with Crippen LogP contribution in [0.5, 0.6) is 0 Å². The maximum Gasteiger partial charge on any atom is 0.330 e. The molecule has 22 heavy (non-hydrogen) atoms. The summed E-state index contributed by atoms with van der Waals surface area (Å²) in [6.45, 7) is 17.6. The summed E-state index contributed by atoms with van der Waals surface area (Å²) in [6, 6.07) is 0. The maximum atomic E-state index is 9.60. The average molecular weight is 318 g/mol. The smallest absolute Gasteiger partial charge is 0.330 e. The van der Waals surface area contributed by atoms with Gasteiger partial charge in [-0.05, 0) is 34.1 Å². The highest BCUT2D eigenvalue weighted by Gasteiger charge is 2.03. The first-order valence-corrected chi connectivity index (χ1v) is 7.10. The van der Waals surface area contributed by atoms with Crippen LogP contribution in [0.3, 0.4) is 0 Å². The molecule has 2 N–H and O–H groups in total. The summed E-state index contributed by atoms with van der Waals surface area (Å²) in [6.07, 6.45) is 1.33. The molecule has 1 atom stereocenters. The molecule has 0 fully saturated rings. The number of carboxylic acids is 2. The third kappa shape index (κ3) is 23.4. The summed E-state index contributed by atoms with van der Waals surface area (Å²) >= 11 is 0. The number of carboxylic acid groups (broad SMARTS) is 2. The molecule has 6 heteroatoms. The van der Waals surface area contributed by atoms with Crippen LogP contribution in [0.25, 0.3) is 0 Å². The lowest BCUT2D eigenvalue weighted by Gasteiger charge is -2.13. The van der Waals surface area contributed by atoms with E-state index in [1.54, 1.807) is 0 Å². The summed E-state index contributed by atoms with van der Waals surface area (Å²) in [5, 5.41) is 15.8. The van der Waals surface area contributed by atoms with E-state index >= 15 is 0 Å². The van der Waals surface area contributed by atoms with Gasteiger partial charge in [0.15, 0.2) is 0 Å². The van der Waals surface area contributed by atoms with Crippen LogP contribution in [0.15, 0.2) is 24.3 Å². The van der Waals surface area contributed by atoms with E-state index < -0.39 is 11.9 Å². The van der Waals surface area contributed by atoms with E-state index in [4.69, 9.17) is 19.7 Å². The lowest BCUT2D eigenvalue weighted by atomic mass is 10.3. The van der Waals surface area contributed by atoms with E-state index in [9.17, 15) is 9.59 Å². The molecule has 0 bridgehead atoms. The van der Waals surface area contributed by atoms with Gasteiger partial charge in [-0.25, -0.2) is 9.59 Å². The molecule has 1 unspecified atom stereocenters. The van der Waals surface area contributed by atoms with Crippen molar-refractivity contribution in [2.45, 2.75) is 47.1 Å². The van der Waals surface area contributed by atoms with E-state index in [-0.39, 0.29) is 11.1 Å². The number of aliphatic carboxylic acids is 2. The SMILES string of the molecule is C=C(C)C(=O)O.C=C(C)C(=O)O.CCOCC(CC)OCC. The van der Waals surface area contributed by atoms with Crippen LogP contribution in [0.1, 0.15) is 41.0 Å². The Morgan fingerprint density at radius 2 is 1.32 bits per heavy atom. The van der Waals surface area contributed by atoms with Crippen molar-refractivity contribution in [3.05, 3.63) is 24.3 Å². The molecule has 6 nitrogen and oxygen atoms in total. The Morgan fingerprint density at radius 1 is 0.955 bits per heavy atom. The fourth-order valence-electron chi connectivity index (χ4n) is 0.769. The van der Waals surface area contributed by atoms with Crippen molar-refractivity contribution in [1.82, 2.24) is 0 Å². The van der Waals surface area contributed by atoms with Crippen molar-refractivity contribution in [2.24, 2.45) is 0 Å². The zero-order valence-electron chi connectivity index (χ0n) is 14.3. The van der Waals surface area contributed by atoms with Crippen molar-refractivity contribution in [2.75, 3.05) is 19.8 Å². The molecule has 0 radical (unpaired) electrons. The molecule has 0 aromatic heterocycles. The van der Waals surface area contributed by atoms with Gasteiger partial charge in [-0.15, -0.1) is 0 Å². The van der Waals surface area contributed by atoms with Gasteiger partial charge in [0, 0.05) is 24.4 Å². The standard InChI is InChI=1S/C8H18O2.2C4H6O2/c1-4-8(10-6-3)7-9-5-2;2*1-3(2)4(5)6/h8H,4-7H2,1-3H3;2*1H2,2H3,(H,5,6). The maximum absolute atomic E-state index is 9.60. The Hall–Kier alpha value is -1.66. The molecule has 0 aliphatic carbocycles. The van der Waals surface area contributed by atoms with Gasteiger partial charge in [-0.3, -0.25) is 0 Å². The lowest BCUT2D eigenvalue weighted by molar-refractivity contribution is -0.133. The van der Waals surface area contributed by atoms with Crippen molar-refractivity contribution < 1.29 is 29.3 Å². The number of ether oxygens (including phenoxy) is 2. The fraction of sp³-hybridized carbons (Fsp3) is 0.625. The zero-order chi connectivity index (χ0) is 18.1. The van der Waals surface area contributed by atoms with Crippen LogP contribution in [-0.4, -0.2) is 48.1 Å². The molecular formula is C16H30O6. The van der Waals surface area contributed by atoms with Crippen LogP contribution >= 0.6 is 0 Å². The molecule has 0 rings (SSSR count). The third-order valence-electron chi connectivity index (χ3n) is 2.10. The van der Waals surface area contributed by atoms with E-state index in [0.29, 0.717) is 6.10 Å². The summed E-state index contributed by atoms with van der Waals surface area (Å²) < 4.78 is 10.6. The van der Waals surface area contributed by atoms with Gasteiger partial charge < -0.3 is 19.7 Å². The van der Waals surface area contributed by atoms with Gasteiger partial charge in [0.2, 0.25) is 0 Å². The summed E-state index contributed by atoms with van der Waals surface area (Å²) in [4.78, 5) is 19.2. The molecule has 0 aromatic carbocycles. The van der Waals surface area contributed by atoms with E-state index in [2.05, 4.69) is 20.1 Å². The molecule has 0 amide bonds. The minimum absolute atomic E-state index is 0.176. The van der Waals surface area contributed by atoms with E-state index in [0.717, 1.165) is 26.2 Å². The number of hydrogen-bond acceptors (Lipinski definition) is 4. The molecule has 0 saturated heterocycles. The monoisotopic (exact) mass is 318 g/mol. The minimum Gasteiger partial charge on any atom is -0.478 e. The largest absolute Gasteiger partial charge is 0.478 e. The average Bonchev–Trinajstić information content (AvgIpc) is 2.44. The highest BCUT2D eigenvalue weighted by Crippen LogP contribution is 1.97. The molecule has 0 aliphatic rings. The molecule has 0 saturated carbocycles. The van der Waals surface area contributed by atoms with Crippen LogP contribution < -0.4 is 0 Å².